The summed E-state index contributed by atoms with van der Waals surface area (Å²) in [5.41, 5.74) is 0.590. The number of hydrogen-bond acceptors (Lipinski definition) is 5. The van der Waals surface area contributed by atoms with Crippen molar-refractivity contribution in [3.63, 3.8) is 0 Å². The van der Waals surface area contributed by atoms with Gasteiger partial charge in [0.15, 0.2) is 0 Å². The van der Waals surface area contributed by atoms with Crippen molar-refractivity contribution in [1.82, 2.24) is 15.1 Å². The van der Waals surface area contributed by atoms with Crippen LogP contribution in [0.25, 0.3) is 0 Å². The molecule has 1 fully saturated rings. The summed E-state index contributed by atoms with van der Waals surface area (Å²) in [6, 6.07) is 10.4. The topological polar surface area (TPSA) is 64.6 Å². The van der Waals surface area contributed by atoms with Gasteiger partial charge in [-0.05, 0) is 31.0 Å². The average molecular weight is 348 g/mol. The van der Waals surface area contributed by atoms with Crippen LogP contribution in [0.4, 0.5) is 0 Å². The molecule has 1 amide bonds. The van der Waals surface area contributed by atoms with Gasteiger partial charge < -0.3 is 14.4 Å². The van der Waals surface area contributed by atoms with E-state index in [2.05, 4.69) is 10.2 Å². The number of carbonyl (C=O) groups excluding carboxylic acids is 1. The molecule has 7 heteroatoms. The first-order chi connectivity index (χ1) is 11.7. The zero-order valence-electron chi connectivity index (χ0n) is 13.3. The van der Waals surface area contributed by atoms with Crippen LogP contribution in [0.5, 0.6) is 11.8 Å². The lowest BCUT2D eigenvalue weighted by Crippen LogP contribution is -2.44. The van der Waals surface area contributed by atoms with Crippen LogP contribution in [0, 0.1) is 0 Å². The lowest BCUT2D eigenvalue weighted by atomic mass is 10.1. The largest absolute Gasteiger partial charge is 0.480 e. The molecule has 2 aromatic rings. The Bertz CT molecular complexity index is 708. The summed E-state index contributed by atoms with van der Waals surface area (Å²) in [7, 11) is 1.53. The second-order valence-corrected chi connectivity index (χ2v) is 5.99. The molecule has 0 radical (unpaired) electrons. The highest BCUT2D eigenvalue weighted by Gasteiger charge is 2.26. The highest BCUT2D eigenvalue weighted by molar-refractivity contribution is 6.30. The number of piperidine rings is 1. The third-order valence-electron chi connectivity index (χ3n) is 3.85. The van der Waals surface area contributed by atoms with Crippen molar-refractivity contribution < 1.29 is 14.3 Å². The van der Waals surface area contributed by atoms with E-state index in [1.807, 2.05) is 0 Å². The summed E-state index contributed by atoms with van der Waals surface area (Å²) in [6.07, 6.45) is 1.64. The number of hydrogen-bond donors (Lipinski definition) is 0. The molecular weight excluding hydrogens is 330 g/mol. The van der Waals surface area contributed by atoms with Crippen LogP contribution in [0.1, 0.15) is 23.2 Å². The first-order valence-corrected chi connectivity index (χ1v) is 8.13. The molecule has 0 bridgehead atoms. The van der Waals surface area contributed by atoms with Crippen LogP contribution in [0.3, 0.4) is 0 Å². The molecule has 6 nitrogen and oxygen atoms in total. The van der Waals surface area contributed by atoms with Gasteiger partial charge in [-0.25, -0.2) is 0 Å². The summed E-state index contributed by atoms with van der Waals surface area (Å²) in [5, 5.41) is 8.40. The predicted molar refractivity (Wildman–Crippen MR) is 89.6 cm³/mol. The van der Waals surface area contributed by atoms with Crippen molar-refractivity contribution >= 4 is 17.5 Å². The average Bonchev–Trinajstić information content (AvgIpc) is 2.62. The van der Waals surface area contributed by atoms with Gasteiger partial charge in [0.05, 0.1) is 13.7 Å². The Balaban J connectivity index is 1.64. The molecule has 1 unspecified atom stereocenters. The van der Waals surface area contributed by atoms with Crippen molar-refractivity contribution in [1.29, 1.82) is 0 Å². The van der Waals surface area contributed by atoms with Gasteiger partial charge in [-0.15, -0.1) is 10.2 Å². The second-order valence-electron chi connectivity index (χ2n) is 5.56. The summed E-state index contributed by atoms with van der Waals surface area (Å²) in [4.78, 5) is 14.4. The van der Waals surface area contributed by atoms with Crippen molar-refractivity contribution in [2.75, 3.05) is 20.2 Å². The molecule has 0 saturated carbocycles. The Kier molecular flexibility index (Phi) is 5.15. The van der Waals surface area contributed by atoms with E-state index >= 15 is 0 Å². The van der Waals surface area contributed by atoms with Gasteiger partial charge in [0, 0.05) is 29.3 Å². The van der Waals surface area contributed by atoms with Gasteiger partial charge in [-0.2, -0.15) is 0 Å². The summed E-state index contributed by atoms with van der Waals surface area (Å²) in [6.45, 7) is 1.22. The van der Waals surface area contributed by atoms with Gasteiger partial charge in [0.1, 0.15) is 6.10 Å². The minimum Gasteiger partial charge on any atom is -0.480 e. The number of methoxy groups -OCH3 is 1. The molecule has 0 aliphatic carbocycles. The smallest absolute Gasteiger partial charge is 0.254 e. The van der Waals surface area contributed by atoms with Gasteiger partial charge in [0.2, 0.25) is 11.8 Å². The number of nitrogens with zero attached hydrogens (tertiary/aromatic N) is 3. The van der Waals surface area contributed by atoms with E-state index in [9.17, 15) is 4.79 Å². The van der Waals surface area contributed by atoms with Crippen LogP contribution in [-0.2, 0) is 0 Å². The Morgan fingerprint density at radius 3 is 2.75 bits per heavy atom. The summed E-state index contributed by atoms with van der Waals surface area (Å²) < 4.78 is 10.8. The number of likely N-dealkylation sites (tertiary alicyclic amines) is 1. The zero-order chi connectivity index (χ0) is 16.9. The Morgan fingerprint density at radius 1 is 1.25 bits per heavy atom. The molecule has 1 aromatic carbocycles. The Hall–Kier alpha value is -2.34. The van der Waals surface area contributed by atoms with Crippen LogP contribution in [0.15, 0.2) is 36.4 Å². The van der Waals surface area contributed by atoms with Crippen LogP contribution in [-0.4, -0.2) is 47.3 Å². The maximum atomic E-state index is 12.6. The molecule has 0 N–H and O–H groups in total. The molecule has 1 aliphatic heterocycles. The van der Waals surface area contributed by atoms with Crippen molar-refractivity contribution in [3.8, 4) is 11.8 Å². The molecule has 126 valence electrons. The minimum absolute atomic E-state index is 0.0355. The van der Waals surface area contributed by atoms with E-state index in [-0.39, 0.29) is 12.0 Å². The molecule has 24 heavy (non-hydrogen) atoms. The Morgan fingerprint density at radius 2 is 2.04 bits per heavy atom. The maximum Gasteiger partial charge on any atom is 0.254 e. The highest BCUT2D eigenvalue weighted by atomic mass is 35.5. The third kappa shape index (κ3) is 3.94. The van der Waals surface area contributed by atoms with E-state index in [0.717, 1.165) is 12.8 Å². The summed E-state index contributed by atoms with van der Waals surface area (Å²) in [5.74, 6) is 0.827. The van der Waals surface area contributed by atoms with Crippen LogP contribution < -0.4 is 9.47 Å². The van der Waals surface area contributed by atoms with E-state index in [0.29, 0.717) is 35.4 Å². The molecule has 1 aliphatic rings. The number of rotatable bonds is 4. The normalized spacial score (nSPS) is 17.4. The molecule has 0 spiro atoms. The molecule has 3 rings (SSSR count). The zero-order valence-corrected chi connectivity index (χ0v) is 14.1. The van der Waals surface area contributed by atoms with Crippen LogP contribution >= 0.6 is 11.6 Å². The fraction of sp³-hybridized carbons (Fsp3) is 0.353. The van der Waals surface area contributed by atoms with Crippen molar-refractivity contribution in [3.05, 3.63) is 47.0 Å². The van der Waals surface area contributed by atoms with Gasteiger partial charge >= 0.3 is 0 Å². The first-order valence-electron chi connectivity index (χ1n) is 7.75. The van der Waals surface area contributed by atoms with Crippen molar-refractivity contribution in [2.45, 2.75) is 18.9 Å². The van der Waals surface area contributed by atoms with Gasteiger partial charge in [-0.3, -0.25) is 4.79 Å². The SMILES string of the molecule is COc1ccc(OC2CCCN(C(=O)c3cccc(Cl)c3)C2)nn1. The third-order valence-corrected chi connectivity index (χ3v) is 4.08. The first kappa shape index (κ1) is 16.5. The molecule has 1 aromatic heterocycles. The highest BCUT2D eigenvalue weighted by Crippen LogP contribution is 2.20. The molecule has 2 heterocycles. The number of amides is 1. The standard InChI is InChI=1S/C17H18ClN3O3/c1-23-15-7-8-16(20-19-15)24-14-6-3-9-21(11-14)17(22)12-4-2-5-13(18)10-12/h2,4-5,7-8,10,14H,3,6,9,11H2,1H3. The van der Waals surface area contributed by atoms with Crippen LogP contribution in [0.2, 0.25) is 5.02 Å². The second kappa shape index (κ2) is 7.49. The maximum absolute atomic E-state index is 12.6. The molecule has 1 atom stereocenters. The predicted octanol–water partition coefficient (Wildman–Crippen LogP) is 2.82. The fourth-order valence-electron chi connectivity index (χ4n) is 2.67. The number of halogens is 1. The van der Waals surface area contributed by atoms with E-state index in [1.165, 1.54) is 7.11 Å². The van der Waals surface area contributed by atoms with E-state index in [1.54, 1.807) is 41.3 Å². The van der Waals surface area contributed by atoms with Gasteiger partial charge in [-0.1, -0.05) is 17.7 Å². The number of benzene rings is 1. The Labute approximate surface area is 145 Å². The molecule has 1 saturated heterocycles. The lowest BCUT2D eigenvalue weighted by Gasteiger charge is -2.32. The molecular formula is C17H18ClN3O3. The summed E-state index contributed by atoms with van der Waals surface area (Å²) >= 11 is 5.97. The number of carbonyl (C=O) groups is 1. The number of aromatic nitrogens is 2. The van der Waals surface area contributed by atoms with E-state index in [4.69, 9.17) is 21.1 Å². The number of ether oxygens (including phenoxy) is 2. The quantitative estimate of drug-likeness (QED) is 0.851. The minimum atomic E-state index is -0.107. The lowest BCUT2D eigenvalue weighted by molar-refractivity contribution is 0.0525. The van der Waals surface area contributed by atoms with Crippen molar-refractivity contribution in [2.24, 2.45) is 0 Å². The van der Waals surface area contributed by atoms with E-state index < -0.39 is 0 Å². The fourth-order valence-corrected chi connectivity index (χ4v) is 2.86. The van der Waals surface area contributed by atoms with Gasteiger partial charge in [0.25, 0.3) is 5.91 Å². The monoisotopic (exact) mass is 347 g/mol.